The normalized spacial score (nSPS) is 18.5. The maximum atomic E-state index is 13.4. The molecule has 0 saturated heterocycles. The van der Waals surface area contributed by atoms with Gasteiger partial charge in [0.1, 0.15) is 5.78 Å². The number of carbonyl (C=O) groups is 3. The van der Waals surface area contributed by atoms with Crippen molar-refractivity contribution in [1.82, 2.24) is 0 Å². The molecule has 0 spiro atoms. The van der Waals surface area contributed by atoms with Gasteiger partial charge in [-0.2, -0.15) is 0 Å². The number of ether oxygens (including phenoxy) is 1. The maximum Gasteiger partial charge on any atom is 0.308 e. The van der Waals surface area contributed by atoms with Crippen molar-refractivity contribution >= 4 is 44.8 Å². The van der Waals surface area contributed by atoms with Gasteiger partial charge in [-0.15, -0.1) is 0 Å². The minimum Gasteiger partial charge on any atom is -0.469 e. The Labute approximate surface area is 200 Å². The predicted molar refractivity (Wildman–Crippen MR) is 120 cm³/mol. The summed E-state index contributed by atoms with van der Waals surface area (Å²) in [4.78, 5) is 36.1. The summed E-state index contributed by atoms with van der Waals surface area (Å²) >= 11 is 6.11. The number of anilines is 1. The lowest BCUT2D eigenvalue weighted by Gasteiger charge is -2.34. The van der Waals surface area contributed by atoms with Gasteiger partial charge >= 0.3 is 5.97 Å². The topological polar surface area (TPSA) is 107 Å². The van der Waals surface area contributed by atoms with Crippen LogP contribution in [0, 0.1) is 23.5 Å². The largest absolute Gasteiger partial charge is 0.469 e. The van der Waals surface area contributed by atoms with Gasteiger partial charge in [0.25, 0.3) is 5.91 Å². The van der Waals surface area contributed by atoms with E-state index in [9.17, 15) is 31.6 Å². The van der Waals surface area contributed by atoms with Gasteiger partial charge in [-0.1, -0.05) is 18.5 Å². The molecule has 2 aromatic rings. The van der Waals surface area contributed by atoms with Crippen molar-refractivity contribution in [2.45, 2.75) is 36.3 Å². The van der Waals surface area contributed by atoms with E-state index >= 15 is 0 Å². The van der Waals surface area contributed by atoms with Gasteiger partial charge in [0, 0.05) is 29.7 Å². The average Bonchev–Trinajstić information content (AvgIpc) is 2.74. The third-order valence-corrected chi connectivity index (χ3v) is 8.43. The zero-order valence-corrected chi connectivity index (χ0v) is 19.9. The number of benzene rings is 2. The summed E-state index contributed by atoms with van der Waals surface area (Å²) in [5.41, 5.74) is -0.0589. The molecular formula is C23H22ClF2NO6S. The highest BCUT2D eigenvalue weighted by Gasteiger charge is 2.43. The quantitative estimate of drug-likeness (QED) is 0.530. The van der Waals surface area contributed by atoms with Crippen LogP contribution in [0.2, 0.25) is 5.02 Å². The molecular weight excluding hydrogens is 492 g/mol. The molecule has 2 aromatic carbocycles. The highest BCUT2D eigenvalue weighted by molar-refractivity contribution is 7.92. The molecule has 11 heteroatoms. The number of nitrogens with one attached hydrogen (secondary N) is 1. The number of hydrogen-bond donors (Lipinski definition) is 1. The van der Waals surface area contributed by atoms with E-state index in [2.05, 4.69) is 10.1 Å². The van der Waals surface area contributed by atoms with Crippen LogP contribution in [-0.2, 0) is 24.2 Å². The molecule has 0 heterocycles. The van der Waals surface area contributed by atoms with Gasteiger partial charge in [0.05, 0.1) is 28.2 Å². The fourth-order valence-electron chi connectivity index (χ4n) is 3.65. The molecule has 182 valence electrons. The third kappa shape index (κ3) is 5.44. The summed E-state index contributed by atoms with van der Waals surface area (Å²) in [6.45, 7) is 1.56. The molecule has 7 nitrogen and oxygen atoms in total. The molecule has 1 fully saturated rings. The number of amides is 1. The molecule has 1 atom stereocenters. The van der Waals surface area contributed by atoms with Crippen LogP contribution in [0.25, 0.3) is 0 Å². The Morgan fingerprint density at radius 1 is 1.12 bits per heavy atom. The molecule has 0 bridgehead atoms. The first-order valence-corrected chi connectivity index (χ1v) is 12.3. The summed E-state index contributed by atoms with van der Waals surface area (Å²) in [6, 6.07) is 6.49. The fourth-order valence-corrected chi connectivity index (χ4v) is 6.06. The monoisotopic (exact) mass is 513 g/mol. The molecule has 34 heavy (non-hydrogen) atoms. The van der Waals surface area contributed by atoms with Crippen LogP contribution < -0.4 is 5.32 Å². The van der Waals surface area contributed by atoms with Crippen LogP contribution in [0.1, 0.15) is 36.5 Å². The molecule has 1 aliphatic rings. The van der Waals surface area contributed by atoms with Crippen molar-refractivity contribution < 1.29 is 36.3 Å². The number of rotatable bonds is 8. The van der Waals surface area contributed by atoms with E-state index in [0.717, 1.165) is 24.3 Å². The van der Waals surface area contributed by atoms with E-state index < -0.39 is 50.4 Å². The Morgan fingerprint density at radius 3 is 2.41 bits per heavy atom. The van der Waals surface area contributed by atoms with Crippen LogP contribution in [0.15, 0.2) is 41.3 Å². The van der Waals surface area contributed by atoms with Crippen LogP contribution in [0.5, 0.6) is 0 Å². The molecule has 1 aliphatic carbocycles. The predicted octanol–water partition coefficient (Wildman–Crippen LogP) is 4.19. The van der Waals surface area contributed by atoms with Crippen LogP contribution in [0.4, 0.5) is 14.5 Å². The van der Waals surface area contributed by atoms with Crippen molar-refractivity contribution in [2.24, 2.45) is 11.8 Å². The summed E-state index contributed by atoms with van der Waals surface area (Å²) in [5, 5.41) is 1.42. The Morgan fingerprint density at radius 2 is 1.79 bits per heavy atom. The Kier molecular flexibility index (Phi) is 7.72. The molecule has 3 rings (SSSR count). The van der Waals surface area contributed by atoms with Gasteiger partial charge in [-0.3, -0.25) is 14.4 Å². The molecule has 1 saturated carbocycles. The van der Waals surface area contributed by atoms with Gasteiger partial charge < -0.3 is 10.1 Å². The lowest BCUT2D eigenvalue weighted by Crippen LogP contribution is -2.40. The van der Waals surface area contributed by atoms with E-state index in [0.29, 0.717) is 0 Å². The van der Waals surface area contributed by atoms with Crippen molar-refractivity contribution in [1.29, 1.82) is 0 Å². The second-order valence-corrected chi connectivity index (χ2v) is 10.8. The zero-order valence-electron chi connectivity index (χ0n) is 18.3. The Bertz CT molecular complexity index is 1240. The average molecular weight is 514 g/mol. The Balaban J connectivity index is 1.71. The number of methoxy groups -OCH3 is 1. The van der Waals surface area contributed by atoms with Crippen molar-refractivity contribution in [2.75, 3.05) is 12.4 Å². The molecule has 0 aromatic heterocycles. The minimum atomic E-state index is -3.96. The van der Waals surface area contributed by atoms with E-state index in [1.165, 1.54) is 19.2 Å². The molecule has 0 aliphatic heterocycles. The lowest BCUT2D eigenvalue weighted by atomic mass is 9.79. The first-order valence-electron chi connectivity index (χ1n) is 10.3. The van der Waals surface area contributed by atoms with E-state index in [-0.39, 0.29) is 46.2 Å². The van der Waals surface area contributed by atoms with Crippen LogP contribution >= 0.6 is 11.6 Å². The van der Waals surface area contributed by atoms with Gasteiger partial charge in [-0.05, 0) is 43.2 Å². The second-order valence-electron chi connectivity index (χ2n) is 8.16. The first kappa shape index (κ1) is 25.8. The summed E-state index contributed by atoms with van der Waals surface area (Å²) in [6.07, 6.45) is 0.123. The highest BCUT2D eigenvalue weighted by atomic mass is 35.5. The second kappa shape index (κ2) is 10.2. The lowest BCUT2D eigenvalue weighted by molar-refractivity contribution is -0.147. The number of esters is 1. The van der Waals surface area contributed by atoms with E-state index in [4.69, 9.17) is 11.6 Å². The molecule has 1 amide bonds. The standard InChI is InChI=1S/C23H22ClF2NO6S/c1-12(23(30)33-2)7-20(28)14-8-16(9-14)34(31,32)21-10-13(3-5-17(21)24)22(29)27-15-4-6-18(25)19(26)11-15/h3-6,10-12,14,16H,7-9H2,1-2H3,(H,27,29)/t12-,14?,16?/m1/s1. The van der Waals surface area contributed by atoms with Crippen molar-refractivity contribution in [3.8, 4) is 0 Å². The number of Topliss-reactive ketones (excluding diaryl/α,β-unsaturated/α-hetero) is 1. The van der Waals surface area contributed by atoms with Crippen LogP contribution in [-0.4, -0.2) is 38.4 Å². The third-order valence-electron chi connectivity index (χ3n) is 5.78. The summed E-state index contributed by atoms with van der Waals surface area (Å²) in [7, 11) is -2.73. The number of halogens is 3. The minimum absolute atomic E-state index is 0.00946. The fraction of sp³-hybridized carbons (Fsp3) is 0.348. The number of ketones is 1. The van der Waals surface area contributed by atoms with Gasteiger partial charge in [0.15, 0.2) is 21.5 Å². The van der Waals surface area contributed by atoms with E-state index in [1.54, 1.807) is 6.92 Å². The number of sulfone groups is 1. The smallest absolute Gasteiger partial charge is 0.308 e. The van der Waals surface area contributed by atoms with Crippen LogP contribution in [0.3, 0.4) is 0 Å². The summed E-state index contributed by atoms with van der Waals surface area (Å²) < 4.78 is 57.3. The zero-order chi connectivity index (χ0) is 25.2. The van der Waals surface area contributed by atoms with Crippen molar-refractivity contribution in [3.05, 3.63) is 58.6 Å². The highest BCUT2D eigenvalue weighted by Crippen LogP contribution is 2.40. The van der Waals surface area contributed by atoms with Crippen molar-refractivity contribution in [3.63, 3.8) is 0 Å². The number of carbonyl (C=O) groups excluding carboxylic acids is 3. The molecule has 0 radical (unpaired) electrons. The maximum absolute atomic E-state index is 13.4. The first-order chi connectivity index (χ1) is 15.9. The molecule has 0 unspecified atom stereocenters. The van der Waals surface area contributed by atoms with Gasteiger partial charge in [0.2, 0.25) is 0 Å². The van der Waals surface area contributed by atoms with Gasteiger partial charge in [-0.25, -0.2) is 17.2 Å². The summed E-state index contributed by atoms with van der Waals surface area (Å²) in [5.74, 6) is -4.80. The molecule has 1 N–H and O–H groups in total. The van der Waals surface area contributed by atoms with E-state index in [1.807, 2.05) is 0 Å². The number of hydrogen-bond acceptors (Lipinski definition) is 6. The Hall–Kier alpha value is -2.85. The SMILES string of the molecule is COC(=O)[C@H](C)CC(=O)C1CC(S(=O)(=O)c2cc(C(=O)Nc3ccc(F)c(F)c3)ccc2Cl)C1.